The number of rotatable bonds is 5. The summed E-state index contributed by atoms with van der Waals surface area (Å²) in [7, 11) is 0. The first-order chi connectivity index (χ1) is 8.74. The molecule has 0 saturated heterocycles. The summed E-state index contributed by atoms with van der Waals surface area (Å²) < 4.78 is 0. The maximum absolute atomic E-state index is 12.1. The van der Waals surface area contributed by atoms with Crippen LogP contribution in [0.15, 0.2) is 6.20 Å². The Morgan fingerprint density at radius 1 is 1.50 bits per heavy atom. The predicted molar refractivity (Wildman–Crippen MR) is 87.7 cm³/mol. The van der Waals surface area contributed by atoms with Gasteiger partial charge < -0.3 is 11.1 Å². The molecular weight excluding hydrogens is 317 g/mol. The van der Waals surface area contributed by atoms with Gasteiger partial charge in [0.1, 0.15) is 5.01 Å². The van der Waals surface area contributed by atoms with Gasteiger partial charge in [-0.2, -0.15) is 0 Å². The molecule has 0 radical (unpaired) electrons. The van der Waals surface area contributed by atoms with Crippen molar-refractivity contribution in [2.75, 3.05) is 6.54 Å². The molecule has 0 aliphatic heterocycles. The van der Waals surface area contributed by atoms with Gasteiger partial charge in [0.2, 0.25) is 5.91 Å². The molecule has 1 aromatic heterocycles. The van der Waals surface area contributed by atoms with E-state index in [1.165, 1.54) is 4.88 Å². The number of carbonyl (C=O) groups is 1. The van der Waals surface area contributed by atoms with E-state index >= 15 is 0 Å². The van der Waals surface area contributed by atoms with Crippen molar-refractivity contribution in [3.63, 3.8) is 0 Å². The van der Waals surface area contributed by atoms with Crippen LogP contribution in [0.4, 0.5) is 0 Å². The van der Waals surface area contributed by atoms with E-state index in [4.69, 9.17) is 5.73 Å². The summed E-state index contributed by atoms with van der Waals surface area (Å²) in [5.74, 6) is 0.629. The van der Waals surface area contributed by atoms with Gasteiger partial charge in [-0.25, -0.2) is 4.98 Å². The molecule has 1 aliphatic rings. The van der Waals surface area contributed by atoms with Crippen LogP contribution >= 0.6 is 36.2 Å². The summed E-state index contributed by atoms with van der Waals surface area (Å²) in [6.45, 7) is 3.28. The summed E-state index contributed by atoms with van der Waals surface area (Å²) in [5.41, 5.74) is 5.70. The van der Waals surface area contributed by atoms with Gasteiger partial charge in [-0.3, -0.25) is 4.79 Å². The normalized spacial score (nSPS) is 20.9. The van der Waals surface area contributed by atoms with Gasteiger partial charge in [-0.05, 0) is 31.7 Å². The van der Waals surface area contributed by atoms with Gasteiger partial charge in [0, 0.05) is 17.0 Å². The number of halogens is 2. The highest BCUT2D eigenvalue weighted by atomic mass is 35.5. The van der Waals surface area contributed by atoms with Crippen molar-refractivity contribution in [2.45, 2.75) is 39.2 Å². The van der Waals surface area contributed by atoms with Gasteiger partial charge in [-0.1, -0.05) is 13.3 Å². The summed E-state index contributed by atoms with van der Waals surface area (Å²) in [5, 5.41) is 3.98. The molecule has 1 aromatic rings. The summed E-state index contributed by atoms with van der Waals surface area (Å²) in [6.07, 6.45) is 6.09. The number of nitrogens with one attached hydrogen (secondary N) is 1. The number of aryl methyl sites for hydroxylation is 1. The third-order valence-corrected chi connectivity index (χ3v) is 4.80. The molecular formula is C13H23Cl2N3OS. The van der Waals surface area contributed by atoms with E-state index in [1.54, 1.807) is 11.3 Å². The molecule has 0 aromatic carbocycles. The van der Waals surface area contributed by atoms with Crippen LogP contribution in [0.3, 0.4) is 0 Å². The number of thiazole rings is 1. The third kappa shape index (κ3) is 4.88. The zero-order valence-electron chi connectivity index (χ0n) is 11.6. The monoisotopic (exact) mass is 339 g/mol. The number of carbonyl (C=O) groups excluding carboxylic acids is 1. The second-order valence-electron chi connectivity index (χ2n) is 4.82. The minimum Gasteiger partial charge on any atom is -0.349 e. The fraction of sp³-hybridized carbons (Fsp3) is 0.692. The lowest BCUT2D eigenvalue weighted by Gasteiger charge is -2.16. The number of hydrogen-bond donors (Lipinski definition) is 2. The number of amides is 1. The van der Waals surface area contributed by atoms with Crippen LogP contribution < -0.4 is 11.1 Å². The van der Waals surface area contributed by atoms with E-state index in [-0.39, 0.29) is 36.6 Å². The van der Waals surface area contributed by atoms with Crippen LogP contribution in [0.1, 0.15) is 36.1 Å². The minimum atomic E-state index is 0. The maximum atomic E-state index is 12.1. The van der Waals surface area contributed by atoms with Gasteiger partial charge in [0.15, 0.2) is 0 Å². The first kappa shape index (κ1) is 19.6. The fourth-order valence-corrected chi connectivity index (χ4v) is 3.35. The average Bonchev–Trinajstić information content (AvgIpc) is 3.04. The van der Waals surface area contributed by atoms with Crippen molar-refractivity contribution >= 4 is 42.1 Å². The van der Waals surface area contributed by atoms with Crippen molar-refractivity contribution in [2.24, 2.45) is 17.6 Å². The molecule has 1 amide bonds. The molecule has 7 heteroatoms. The highest BCUT2D eigenvalue weighted by Gasteiger charge is 2.31. The molecule has 1 fully saturated rings. The van der Waals surface area contributed by atoms with Crippen LogP contribution in [0.5, 0.6) is 0 Å². The maximum Gasteiger partial charge on any atom is 0.223 e. The first-order valence-corrected chi connectivity index (χ1v) is 7.47. The van der Waals surface area contributed by atoms with Crippen LogP contribution in [-0.2, 0) is 17.8 Å². The van der Waals surface area contributed by atoms with E-state index in [0.717, 1.165) is 30.7 Å². The number of aromatic nitrogens is 1. The van der Waals surface area contributed by atoms with Crippen LogP contribution in [0, 0.1) is 11.8 Å². The Bertz CT molecular complexity index is 414. The Morgan fingerprint density at radius 2 is 2.25 bits per heavy atom. The van der Waals surface area contributed by atoms with Gasteiger partial charge in [-0.15, -0.1) is 36.2 Å². The lowest BCUT2D eigenvalue weighted by Crippen LogP contribution is -2.34. The number of hydrogen-bond acceptors (Lipinski definition) is 4. The molecule has 0 unspecified atom stereocenters. The van der Waals surface area contributed by atoms with Gasteiger partial charge in [0.05, 0.1) is 6.54 Å². The lowest BCUT2D eigenvalue weighted by atomic mass is 9.95. The molecule has 0 bridgehead atoms. The number of nitrogens with zero attached hydrogens (tertiary/aromatic N) is 1. The van der Waals surface area contributed by atoms with Crippen LogP contribution in [0.2, 0.25) is 0 Å². The quantitative estimate of drug-likeness (QED) is 0.866. The Kier molecular flexibility index (Phi) is 9.38. The molecule has 116 valence electrons. The van der Waals surface area contributed by atoms with Crippen LogP contribution in [-0.4, -0.2) is 17.4 Å². The molecule has 3 N–H and O–H groups in total. The standard InChI is InChI=1S/C13H21N3OS.2ClH/c1-2-10-7-15-12(18-10)8-16-13(17)11-5-3-4-9(11)6-14;;/h7,9,11H,2-6,8,14H2,1H3,(H,16,17);2*1H/t9-,11-;;/m1../s1. The third-order valence-electron chi connectivity index (χ3n) is 3.66. The Morgan fingerprint density at radius 3 is 2.85 bits per heavy atom. The van der Waals surface area contributed by atoms with Gasteiger partial charge in [0.25, 0.3) is 0 Å². The Hall–Kier alpha value is -0.360. The molecule has 0 spiro atoms. The Balaban J connectivity index is 0.00000180. The average molecular weight is 340 g/mol. The van der Waals surface area contributed by atoms with Crippen LogP contribution in [0.25, 0.3) is 0 Å². The summed E-state index contributed by atoms with van der Waals surface area (Å²) >= 11 is 1.67. The lowest BCUT2D eigenvalue weighted by molar-refractivity contribution is -0.126. The second-order valence-corrected chi connectivity index (χ2v) is 6.02. The minimum absolute atomic E-state index is 0. The van der Waals surface area contributed by atoms with Crippen molar-refractivity contribution in [3.05, 3.63) is 16.1 Å². The van der Waals surface area contributed by atoms with E-state index in [1.807, 2.05) is 6.20 Å². The van der Waals surface area contributed by atoms with Crippen molar-refractivity contribution in [1.29, 1.82) is 0 Å². The fourth-order valence-electron chi connectivity index (χ4n) is 2.55. The zero-order chi connectivity index (χ0) is 13.0. The number of nitrogens with two attached hydrogens (primary N) is 1. The highest BCUT2D eigenvalue weighted by molar-refractivity contribution is 7.11. The molecule has 20 heavy (non-hydrogen) atoms. The SMILES string of the molecule is CCc1cnc(CNC(=O)[C@@H]2CCC[C@@H]2CN)s1.Cl.Cl. The zero-order valence-corrected chi connectivity index (χ0v) is 14.1. The smallest absolute Gasteiger partial charge is 0.223 e. The molecule has 1 saturated carbocycles. The van der Waals surface area contributed by atoms with Gasteiger partial charge >= 0.3 is 0 Å². The summed E-state index contributed by atoms with van der Waals surface area (Å²) in [4.78, 5) is 17.6. The predicted octanol–water partition coefficient (Wildman–Crippen LogP) is 2.54. The van der Waals surface area contributed by atoms with E-state index in [9.17, 15) is 4.79 Å². The van der Waals surface area contributed by atoms with Crippen molar-refractivity contribution < 1.29 is 4.79 Å². The molecule has 2 rings (SSSR count). The Labute approximate surface area is 136 Å². The van der Waals surface area contributed by atoms with E-state index in [2.05, 4.69) is 17.2 Å². The topological polar surface area (TPSA) is 68.0 Å². The summed E-state index contributed by atoms with van der Waals surface area (Å²) in [6, 6.07) is 0. The van der Waals surface area contributed by atoms with Crippen molar-refractivity contribution in [3.8, 4) is 0 Å². The molecule has 4 nitrogen and oxygen atoms in total. The molecule has 2 atom stereocenters. The van der Waals surface area contributed by atoms with E-state index in [0.29, 0.717) is 19.0 Å². The van der Waals surface area contributed by atoms with E-state index < -0.39 is 0 Å². The molecule has 1 aliphatic carbocycles. The largest absolute Gasteiger partial charge is 0.349 e. The highest BCUT2D eigenvalue weighted by Crippen LogP contribution is 2.31. The van der Waals surface area contributed by atoms with Crippen molar-refractivity contribution in [1.82, 2.24) is 10.3 Å². The molecule has 1 heterocycles. The second kappa shape index (κ2) is 9.55. The first-order valence-electron chi connectivity index (χ1n) is 6.66.